The van der Waals surface area contributed by atoms with Gasteiger partial charge in [-0.2, -0.15) is 0 Å². The minimum atomic E-state index is -0.330. The molecule has 0 bridgehead atoms. The van der Waals surface area contributed by atoms with Crippen LogP contribution in [0.15, 0.2) is 22.8 Å². The predicted molar refractivity (Wildman–Crippen MR) is 31.8 cm³/mol. The van der Waals surface area contributed by atoms with Gasteiger partial charge < -0.3 is 0 Å². The van der Waals surface area contributed by atoms with E-state index in [0.717, 1.165) is 0 Å². The Morgan fingerprint density at radius 1 is 1.20 bits per heavy atom. The minimum absolute atomic E-state index is 0.330. The molecule has 3 nitrogen and oxygen atoms in total. The van der Waals surface area contributed by atoms with Crippen LogP contribution in [0.1, 0.15) is 0 Å². The van der Waals surface area contributed by atoms with Gasteiger partial charge in [-0.25, -0.2) is 9.02 Å². The normalized spacial score (nSPS) is 10.5. The summed E-state index contributed by atoms with van der Waals surface area (Å²) in [6.45, 7) is 0. The second-order valence-electron chi connectivity index (χ2n) is 1.90. The van der Waals surface area contributed by atoms with E-state index in [4.69, 9.17) is 0 Å². The highest BCUT2D eigenvalue weighted by Crippen LogP contribution is 2.09. The van der Waals surface area contributed by atoms with Crippen molar-refractivity contribution in [3.05, 3.63) is 24.0 Å². The molecule has 4 heteroatoms. The molecule has 0 aliphatic rings. The number of halogens is 1. The molecule has 2 rings (SSSR count). The Kier molecular flexibility index (Phi) is 0.943. The van der Waals surface area contributed by atoms with E-state index in [9.17, 15) is 4.39 Å². The first-order valence-corrected chi connectivity index (χ1v) is 2.74. The van der Waals surface area contributed by atoms with E-state index >= 15 is 0 Å². The molecule has 50 valence electrons. The maximum absolute atomic E-state index is 12.4. The van der Waals surface area contributed by atoms with Crippen molar-refractivity contribution >= 4 is 11.0 Å². The molecular formula is C6H3FN2O. The fraction of sp³-hybridized carbons (Fsp3) is 0. The molecule has 0 spiro atoms. The van der Waals surface area contributed by atoms with Crippen molar-refractivity contribution < 1.29 is 9.02 Å². The second-order valence-corrected chi connectivity index (χ2v) is 1.90. The average Bonchev–Trinajstić information content (AvgIpc) is 2.33. The Morgan fingerprint density at radius 3 is 2.90 bits per heavy atom. The molecule has 0 aliphatic carbocycles. The molecule has 0 fully saturated rings. The molecule has 0 saturated heterocycles. The Bertz CT molecular complexity index is 357. The van der Waals surface area contributed by atoms with Crippen molar-refractivity contribution in [3.63, 3.8) is 0 Å². The van der Waals surface area contributed by atoms with Gasteiger partial charge in [0.15, 0.2) is 0 Å². The van der Waals surface area contributed by atoms with Crippen LogP contribution in [0.25, 0.3) is 11.0 Å². The second kappa shape index (κ2) is 1.76. The number of fused-ring (bicyclic) bond motifs is 1. The maximum atomic E-state index is 12.4. The molecule has 0 amide bonds. The van der Waals surface area contributed by atoms with E-state index < -0.39 is 0 Å². The predicted octanol–water partition coefficient (Wildman–Crippen LogP) is 1.36. The molecular weight excluding hydrogens is 135 g/mol. The zero-order chi connectivity index (χ0) is 6.97. The van der Waals surface area contributed by atoms with Gasteiger partial charge in [0.1, 0.15) is 16.9 Å². The van der Waals surface area contributed by atoms with Gasteiger partial charge >= 0.3 is 0 Å². The van der Waals surface area contributed by atoms with Gasteiger partial charge in [0, 0.05) is 6.07 Å². The van der Waals surface area contributed by atoms with E-state index in [1.165, 1.54) is 18.2 Å². The van der Waals surface area contributed by atoms with Crippen LogP contribution in [0.4, 0.5) is 4.39 Å². The lowest BCUT2D eigenvalue weighted by Gasteiger charge is -1.82. The zero-order valence-corrected chi connectivity index (χ0v) is 4.91. The SMILES string of the molecule is Fc1ccc2nonc2c1. The van der Waals surface area contributed by atoms with E-state index in [1.54, 1.807) is 0 Å². The Balaban J connectivity index is 2.86. The van der Waals surface area contributed by atoms with Crippen molar-refractivity contribution in [2.75, 3.05) is 0 Å². The van der Waals surface area contributed by atoms with Crippen LogP contribution in [0, 0.1) is 5.82 Å². The molecule has 0 saturated carbocycles. The monoisotopic (exact) mass is 138 g/mol. The molecule has 0 atom stereocenters. The lowest BCUT2D eigenvalue weighted by Crippen LogP contribution is -1.72. The van der Waals surface area contributed by atoms with Crippen LogP contribution in [0.3, 0.4) is 0 Å². The highest BCUT2D eigenvalue weighted by molar-refractivity contribution is 5.72. The Morgan fingerprint density at radius 2 is 2.00 bits per heavy atom. The summed E-state index contributed by atoms with van der Waals surface area (Å²) in [6, 6.07) is 4.10. The van der Waals surface area contributed by atoms with Crippen LogP contribution in [-0.2, 0) is 0 Å². The largest absolute Gasteiger partial charge is 0.243 e. The first-order valence-electron chi connectivity index (χ1n) is 2.74. The van der Waals surface area contributed by atoms with E-state index in [2.05, 4.69) is 14.9 Å². The van der Waals surface area contributed by atoms with E-state index in [0.29, 0.717) is 11.0 Å². The lowest BCUT2D eigenvalue weighted by molar-refractivity contribution is 0.315. The van der Waals surface area contributed by atoms with Gasteiger partial charge in [-0.15, -0.1) is 0 Å². The van der Waals surface area contributed by atoms with Crippen molar-refractivity contribution in [3.8, 4) is 0 Å². The quantitative estimate of drug-likeness (QED) is 0.551. The molecule has 0 radical (unpaired) electrons. The molecule has 1 aromatic heterocycles. The summed E-state index contributed by atoms with van der Waals surface area (Å²) < 4.78 is 16.8. The van der Waals surface area contributed by atoms with Gasteiger partial charge in [-0.1, -0.05) is 0 Å². The molecule has 0 N–H and O–H groups in total. The highest BCUT2D eigenvalue weighted by atomic mass is 19.1. The van der Waals surface area contributed by atoms with Crippen molar-refractivity contribution in [2.24, 2.45) is 0 Å². The maximum Gasteiger partial charge on any atom is 0.138 e. The summed E-state index contributed by atoms with van der Waals surface area (Å²) >= 11 is 0. The van der Waals surface area contributed by atoms with Crippen LogP contribution < -0.4 is 0 Å². The van der Waals surface area contributed by atoms with E-state index in [1.807, 2.05) is 0 Å². The van der Waals surface area contributed by atoms with Gasteiger partial charge in [0.2, 0.25) is 0 Å². The Hall–Kier alpha value is -1.45. The van der Waals surface area contributed by atoms with Crippen LogP contribution in [-0.4, -0.2) is 10.3 Å². The van der Waals surface area contributed by atoms with Gasteiger partial charge in [0.25, 0.3) is 0 Å². The third-order valence-corrected chi connectivity index (χ3v) is 1.22. The molecule has 0 aliphatic heterocycles. The van der Waals surface area contributed by atoms with E-state index in [-0.39, 0.29) is 5.82 Å². The summed E-state index contributed by atoms with van der Waals surface area (Å²) in [4.78, 5) is 0. The number of rotatable bonds is 0. The minimum Gasteiger partial charge on any atom is -0.243 e. The fourth-order valence-corrected chi connectivity index (χ4v) is 0.755. The van der Waals surface area contributed by atoms with Gasteiger partial charge in [0.05, 0.1) is 0 Å². The van der Waals surface area contributed by atoms with Crippen molar-refractivity contribution in [2.45, 2.75) is 0 Å². The first kappa shape index (κ1) is 5.34. The molecule has 1 aromatic carbocycles. The number of hydrogen-bond donors (Lipinski definition) is 0. The zero-order valence-electron chi connectivity index (χ0n) is 4.91. The molecule has 0 unspecified atom stereocenters. The fourth-order valence-electron chi connectivity index (χ4n) is 0.755. The molecule has 1 heterocycles. The van der Waals surface area contributed by atoms with Crippen LogP contribution in [0.2, 0.25) is 0 Å². The highest BCUT2D eigenvalue weighted by Gasteiger charge is 1.98. The average molecular weight is 138 g/mol. The van der Waals surface area contributed by atoms with Gasteiger partial charge in [-0.05, 0) is 22.4 Å². The summed E-state index contributed by atoms with van der Waals surface area (Å²) in [5.74, 6) is -0.330. The van der Waals surface area contributed by atoms with Crippen LogP contribution >= 0.6 is 0 Å². The third-order valence-electron chi connectivity index (χ3n) is 1.22. The standard InChI is InChI=1S/C6H3FN2O/c7-4-1-2-5-6(3-4)9-10-8-5/h1-3H. The summed E-state index contributed by atoms with van der Waals surface area (Å²) in [5, 5.41) is 6.96. The third kappa shape index (κ3) is 0.655. The van der Waals surface area contributed by atoms with Crippen LogP contribution in [0.5, 0.6) is 0 Å². The summed E-state index contributed by atoms with van der Waals surface area (Å²) in [7, 11) is 0. The topological polar surface area (TPSA) is 38.9 Å². The number of nitrogens with zero attached hydrogens (tertiary/aromatic N) is 2. The number of hydrogen-bond acceptors (Lipinski definition) is 3. The first-order chi connectivity index (χ1) is 4.86. The van der Waals surface area contributed by atoms with Crippen molar-refractivity contribution in [1.29, 1.82) is 0 Å². The molecule has 2 aromatic rings. The Labute approximate surface area is 55.4 Å². The van der Waals surface area contributed by atoms with Crippen molar-refractivity contribution in [1.82, 2.24) is 10.3 Å². The summed E-state index contributed by atoms with van der Waals surface area (Å²) in [5.41, 5.74) is 1.02. The lowest BCUT2D eigenvalue weighted by atomic mass is 10.3. The number of aromatic nitrogens is 2. The smallest absolute Gasteiger partial charge is 0.138 e. The molecule has 10 heavy (non-hydrogen) atoms. The van der Waals surface area contributed by atoms with Gasteiger partial charge in [-0.3, -0.25) is 0 Å². The summed E-state index contributed by atoms with van der Waals surface area (Å²) in [6.07, 6.45) is 0. The number of benzene rings is 1.